The number of carbonyl (C=O) groups is 2. The molecule has 4 unspecified atom stereocenters. The van der Waals surface area contributed by atoms with Crippen molar-refractivity contribution in [3.63, 3.8) is 0 Å². The Balaban J connectivity index is 1.04. The average Bonchev–Trinajstić information content (AvgIpc) is 3.33. The van der Waals surface area contributed by atoms with Crippen LogP contribution in [0.25, 0.3) is 0 Å². The molecule has 0 bridgehead atoms. The van der Waals surface area contributed by atoms with Crippen LogP contribution in [0.15, 0.2) is 0 Å². The molecule has 2 N–H and O–H groups in total. The molecule has 0 spiro atoms. The topological polar surface area (TPSA) is 71.2 Å². The number of hydrogen-bond acceptors (Lipinski definition) is 6. The minimum absolute atomic E-state index is 0.00863. The van der Waals surface area contributed by atoms with E-state index in [1.54, 1.807) is 0 Å². The predicted octanol–water partition coefficient (Wildman–Crippen LogP) is 0.641. The zero-order chi connectivity index (χ0) is 22.1. The third-order valence-corrected chi connectivity index (χ3v) is 8.88. The van der Waals surface area contributed by atoms with Crippen LogP contribution in [0.5, 0.6) is 0 Å². The largest absolute Gasteiger partial charge is 0.355 e. The van der Waals surface area contributed by atoms with Crippen molar-refractivity contribution in [2.75, 3.05) is 52.9 Å². The van der Waals surface area contributed by atoms with E-state index in [1.807, 2.05) is 11.9 Å². The number of likely N-dealkylation sites (tertiary alicyclic amines) is 2. The monoisotopic (exact) mass is 446 g/mol. The molecule has 5 aliphatic rings. The van der Waals surface area contributed by atoms with Gasteiger partial charge in [0.25, 0.3) is 0 Å². The first kappa shape index (κ1) is 22.6. The molecule has 0 aromatic heterocycles. The molecule has 0 aromatic carbocycles. The predicted molar refractivity (Wildman–Crippen MR) is 124 cm³/mol. The second kappa shape index (κ2) is 9.95. The molecule has 1 saturated carbocycles. The van der Waals surface area contributed by atoms with Crippen molar-refractivity contribution < 1.29 is 9.59 Å². The van der Waals surface area contributed by atoms with Crippen molar-refractivity contribution in [3.05, 3.63) is 0 Å². The second-order valence-electron chi connectivity index (χ2n) is 10.7. The number of nitrogens with zero attached hydrogens (tertiary/aromatic N) is 4. The highest BCUT2D eigenvalue weighted by Gasteiger charge is 2.50. The lowest BCUT2D eigenvalue weighted by atomic mass is 9.79. The number of hydrogen-bond donors (Lipinski definition) is 2. The van der Waals surface area contributed by atoms with Crippen molar-refractivity contribution >= 4 is 11.8 Å². The summed E-state index contributed by atoms with van der Waals surface area (Å²) < 4.78 is 0. The fourth-order valence-corrected chi connectivity index (χ4v) is 6.95. The Morgan fingerprint density at radius 3 is 2.56 bits per heavy atom. The van der Waals surface area contributed by atoms with Gasteiger partial charge >= 0.3 is 0 Å². The summed E-state index contributed by atoms with van der Waals surface area (Å²) in [5.74, 6) is 0.421. The van der Waals surface area contributed by atoms with Gasteiger partial charge in [0.2, 0.25) is 11.8 Å². The average molecular weight is 447 g/mol. The lowest BCUT2D eigenvalue weighted by molar-refractivity contribution is -0.153. The van der Waals surface area contributed by atoms with Gasteiger partial charge in [-0.1, -0.05) is 6.42 Å². The molecule has 4 heterocycles. The first-order valence-corrected chi connectivity index (χ1v) is 13.1. The van der Waals surface area contributed by atoms with Crippen LogP contribution in [0, 0.1) is 5.92 Å². The van der Waals surface area contributed by atoms with Gasteiger partial charge in [-0.3, -0.25) is 15.0 Å². The Bertz CT molecular complexity index is 675. The van der Waals surface area contributed by atoms with E-state index in [2.05, 4.69) is 25.6 Å². The Morgan fingerprint density at radius 1 is 1.00 bits per heavy atom. The number of rotatable bonds is 5. The van der Waals surface area contributed by atoms with Gasteiger partial charge in [0.05, 0.1) is 0 Å². The summed E-state index contributed by atoms with van der Waals surface area (Å²) in [5.41, 5.74) is 3.42. The van der Waals surface area contributed by atoms with Crippen LogP contribution in [0.1, 0.15) is 57.8 Å². The Hall–Kier alpha value is -1.22. The van der Waals surface area contributed by atoms with Crippen LogP contribution in [-0.2, 0) is 9.59 Å². The van der Waals surface area contributed by atoms with Gasteiger partial charge in [-0.25, -0.2) is 5.01 Å². The number of carbonyl (C=O) groups excluding carboxylic acids is 2. The maximum atomic E-state index is 12.9. The van der Waals surface area contributed by atoms with E-state index < -0.39 is 0 Å². The number of nitrogens with one attached hydrogen (secondary N) is 2. The molecule has 8 nitrogen and oxygen atoms in total. The number of fused-ring (bicyclic) bond motifs is 3. The van der Waals surface area contributed by atoms with Crippen LogP contribution in [0.4, 0.5) is 0 Å². The van der Waals surface area contributed by atoms with Crippen molar-refractivity contribution in [1.29, 1.82) is 0 Å². The number of piperidine rings is 2. The molecule has 0 aromatic rings. The minimum atomic E-state index is -0.00863. The van der Waals surface area contributed by atoms with Gasteiger partial charge in [0.1, 0.15) is 6.04 Å². The smallest absolute Gasteiger partial charge is 0.241 e. The highest BCUT2D eigenvalue weighted by Crippen LogP contribution is 2.36. The molecule has 1 aliphatic carbocycles. The highest BCUT2D eigenvalue weighted by atomic mass is 16.2. The Morgan fingerprint density at radius 2 is 1.78 bits per heavy atom. The molecular formula is C24H42N6O2. The van der Waals surface area contributed by atoms with Crippen molar-refractivity contribution in [3.8, 4) is 0 Å². The molecule has 2 amide bonds. The standard InChI is InChI=1S/C24H42N6O2/c1-27-22-17-18(5-6-20(22)30-21(24(27)32)7-10-26-30)23(31)25-11-16-28-14-8-19(9-15-28)29-12-3-2-4-13-29/h18-22,26H,2-17H2,1H3,(H,25,31). The molecule has 4 aliphatic heterocycles. The Labute approximate surface area is 193 Å². The number of amides is 2. The van der Waals surface area contributed by atoms with Crippen LogP contribution in [0.2, 0.25) is 0 Å². The number of likely N-dealkylation sites (N-methyl/N-ethyl adjacent to an activating group) is 1. The van der Waals surface area contributed by atoms with Gasteiger partial charge in [-0.05, 0) is 77.5 Å². The molecule has 4 atom stereocenters. The van der Waals surface area contributed by atoms with Crippen molar-refractivity contribution in [2.24, 2.45) is 5.92 Å². The SMILES string of the molecule is CN1C(=O)C2CCNN2C2CCC(C(=O)NCCN3CCC(N4CCCCC4)CC3)CC21. The van der Waals surface area contributed by atoms with E-state index in [0.29, 0.717) is 6.04 Å². The first-order valence-electron chi connectivity index (χ1n) is 13.1. The summed E-state index contributed by atoms with van der Waals surface area (Å²) in [6, 6.07) is 1.25. The maximum absolute atomic E-state index is 12.9. The Kier molecular flexibility index (Phi) is 7.02. The first-order chi connectivity index (χ1) is 15.6. The fraction of sp³-hybridized carbons (Fsp3) is 0.917. The maximum Gasteiger partial charge on any atom is 0.241 e. The molecule has 0 radical (unpaired) electrons. The van der Waals surface area contributed by atoms with E-state index in [9.17, 15) is 9.59 Å². The zero-order valence-electron chi connectivity index (χ0n) is 19.8. The van der Waals surface area contributed by atoms with Crippen LogP contribution >= 0.6 is 0 Å². The molecule has 5 fully saturated rings. The molecule has 4 saturated heterocycles. The fourth-order valence-electron chi connectivity index (χ4n) is 6.95. The van der Waals surface area contributed by atoms with Gasteiger partial charge in [0, 0.05) is 50.7 Å². The van der Waals surface area contributed by atoms with Crippen molar-refractivity contribution in [2.45, 2.75) is 82.0 Å². The van der Waals surface area contributed by atoms with Gasteiger partial charge in [-0.15, -0.1) is 0 Å². The van der Waals surface area contributed by atoms with Crippen molar-refractivity contribution in [1.82, 2.24) is 30.5 Å². The highest BCUT2D eigenvalue weighted by molar-refractivity contribution is 5.84. The normalized spacial score (nSPS) is 35.5. The quantitative estimate of drug-likeness (QED) is 0.646. The van der Waals surface area contributed by atoms with Gasteiger partial charge < -0.3 is 20.0 Å². The third-order valence-electron chi connectivity index (χ3n) is 8.88. The second-order valence-corrected chi connectivity index (χ2v) is 10.7. The van der Waals surface area contributed by atoms with E-state index in [1.165, 1.54) is 45.2 Å². The minimum Gasteiger partial charge on any atom is -0.355 e. The lowest BCUT2D eigenvalue weighted by Gasteiger charge is -2.50. The van der Waals surface area contributed by atoms with E-state index in [4.69, 9.17) is 0 Å². The van der Waals surface area contributed by atoms with E-state index in [-0.39, 0.29) is 29.8 Å². The molecular weight excluding hydrogens is 404 g/mol. The lowest BCUT2D eigenvalue weighted by Crippen LogP contribution is -2.67. The number of piperazine rings is 1. The summed E-state index contributed by atoms with van der Waals surface area (Å²) in [5, 5.41) is 5.42. The van der Waals surface area contributed by atoms with Gasteiger partial charge in [-0.2, -0.15) is 0 Å². The van der Waals surface area contributed by atoms with E-state index in [0.717, 1.165) is 64.4 Å². The molecule has 5 rings (SSSR count). The summed E-state index contributed by atoms with van der Waals surface area (Å²) in [4.78, 5) is 32.8. The van der Waals surface area contributed by atoms with Gasteiger partial charge in [0.15, 0.2) is 0 Å². The summed E-state index contributed by atoms with van der Waals surface area (Å²) >= 11 is 0. The van der Waals surface area contributed by atoms with E-state index >= 15 is 0 Å². The zero-order valence-corrected chi connectivity index (χ0v) is 19.8. The summed E-state index contributed by atoms with van der Waals surface area (Å²) in [6.07, 6.45) is 10.3. The van der Waals surface area contributed by atoms with Crippen LogP contribution in [0.3, 0.4) is 0 Å². The summed E-state index contributed by atoms with van der Waals surface area (Å²) in [6.45, 7) is 7.46. The molecule has 32 heavy (non-hydrogen) atoms. The third kappa shape index (κ3) is 4.56. The van der Waals surface area contributed by atoms with Crippen LogP contribution < -0.4 is 10.7 Å². The molecule has 180 valence electrons. The number of hydrazine groups is 1. The molecule has 8 heteroatoms. The summed E-state index contributed by atoms with van der Waals surface area (Å²) in [7, 11) is 1.93. The van der Waals surface area contributed by atoms with Crippen LogP contribution in [-0.4, -0.2) is 109 Å².